The van der Waals surface area contributed by atoms with E-state index in [0.717, 1.165) is 12.1 Å². The topological polar surface area (TPSA) is 64.8 Å². The summed E-state index contributed by atoms with van der Waals surface area (Å²) in [5.74, 6) is 0.697. The number of rotatable bonds is 4. The Balaban J connectivity index is 2.19. The van der Waals surface area contributed by atoms with Crippen LogP contribution in [0.1, 0.15) is 13.3 Å². The van der Waals surface area contributed by atoms with Gasteiger partial charge in [0, 0.05) is 19.5 Å². The van der Waals surface area contributed by atoms with Crippen molar-refractivity contribution >= 4 is 11.8 Å². The first-order chi connectivity index (χ1) is 8.76. The molecule has 1 heterocycles. The Morgan fingerprint density at radius 2 is 2.28 bits per heavy atom. The van der Waals surface area contributed by atoms with Crippen molar-refractivity contribution in [3.63, 3.8) is 0 Å². The van der Waals surface area contributed by atoms with Crippen LogP contribution in [0.2, 0.25) is 0 Å². The number of amides is 1. The van der Waals surface area contributed by atoms with Gasteiger partial charge in [0.1, 0.15) is 11.9 Å². The minimum atomic E-state index is -0.358. The van der Waals surface area contributed by atoms with Crippen molar-refractivity contribution in [3.8, 4) is 5.75 Å². The Hall–Kier alpha value is -1.75. The van der Waals surface area contributed by atoms with Crippen LogP contribution in [0.4, 0.5) is 10.5 Å². The van der Waals surface area contributed by atoms with Crippen LogP contribution in [0, 0.1) is 0 Å². The number of nitrogens with two attached hydrogens (primary N) is 1. The second-order valence-electron chi connectivity index (χ2n) is 4.08. The number of anilines is 1. The van der Waals surface area contributed by atoms with Gasteiger partial charge in [0.2, 0.25) is 0 Å². The van der Waals surface area contributed by atoms with Crippen LogP contribution in [-0.4, -0.2) is 31.9 Å². The second kappa shape index (κ2) is 5.73. The van der Waals surface area contributed by atoms with Gasteiger partial charge < -0.3 is 15.2 Å². The molecule has 1 aromatic carbocycles. The number of nitrogens with zero attached hydrogens (tertiary/aromatic N) is 1. The molecule has 1 aliphatic heterocycles. The minimum Gasteiger partial charge on any atom is -0.492 e. The van der Waals surface area contributed by atoms with Gasteiger partial charge in [0.05, 0.1) is 12.3 Å². The van der Waals surface area contributed by atoms with E-state index in [9.17, 15) is 4.79 Å². The second-order valence-corrected chi connectivity index (χ2v) is 4.08. The predicted octanol–water partition coefficient (Wildman–Crippen LogP) is 1.76. The fraction of sp³-hybridized carbons (Fsp3) is 0.462. The highest BCUT2D eigenvalue weighted by molar-refractivity contribution is 5.90. The molecule has 1 atom stereocenters. The van der Waals surface area contributed by atoms with Crippen LogP contribution in [-0.2, 0) is 4.74 Å². The maximum Gasteiger partial charge on any atom is 0.414 e. The number of carbonyl (C=O) groups is 1. The quantitative estimate of drug-likeness (QED) is 0.884. The molecule has 1 unspecified atom stereocenters. The summed E-state index contributed by atoms with van der Waals surface area (Å²) in [5, 5.41) is 0. The van der Waals surface area contributed by atoms with Gasteiger partial charge in [-0.3, -0.25) is 4.90 Å². The van der Waals surface area contributed by atoms with E-state index in [1.165, 1.54) is 0 Å². The molecule has 0 aromatic heterocycles. The highest BCUT2D eigenvalue weighted by Crippen LogP contribution is 2.30. The van der Waals surface area contributed by atoms with Gasteiger partial charge in [0.25, 0.3) is 0 Å². The standard InChI is InChI=1S/C13H18N2O3/c1-2-17-12-6-4-3-5-11(12)15-8-7-10(9-14)18-13(15)16/h3-6,10H,2,7-9,14H2,1H3. The maximum atomic E-state index is 11.9. The van der Waals surface area contributed by atoms with Gasteiger partial charge >= 0.3 is 6.09 Å². The maximum absolute atomic E-state index is 11.9. The molecule has 0 spiro atoms. The molecule has 5 nitrogen and oxygen atoms in total. The van der Waals surface area contributed by atoms with Crippen LogP contribution in [0.5, 0.6) is 5.75 Å². The Morgan fingerprint density at radius 1 is 1.50 bits per heavy atom. The van der Waals surface area contributed by atoms with E-state index in [2.05, 4.69) is 0 Å². The number of hydrogen-bond acceptors (Lipinski definition) is 4. The summed E-state index contributed by atoms with van der Waals surface area (Å²) in [6, 6.07) is 7.46. The number of ether oxygens (including phenoxy) is 2. The molecule has 2 N–H and O–H groups in total. The molecule has 1 aliphatic rings. The van der Waals surface area contributed by atoms with Crippen molar-refractivity contribution < 1.29 is 14.3 Å². The number of carbonyl (C=O) groups excluding carboxylic acids is 1. The number of benzene rings is 1. The van der Waals surface area contributed by atoms with E-state index in [1.807, 2.05) is 31.2 Å². The van der Waals surface area contributed by atoms with Crippen LogP contribution >= 0.6 is 0 Å². The van der Waals surface area contributed by atoms with Gasteiger partial charge in [0.15, 0.2) is 0 Å². The molecule has 0 bridgehead atoms. The third-order valence-corrected chi connectivity index (χ3v) is 2.88. The molecule has 2 rings (SSSR count). The lowest BCUT2D eigenvalue weighted by Gasteiger charge is -2.31. The molecule has 98 valence electrons. The first kappa shape index (κ1) is 12.7. The van der Waals surface area contributed by atoms with Gasteiger partial charge in [-0.05, 0) is 19.1 Å². The van der Waals surface area contributed by atoms with E-state index in [4.69, 9.17) is 15.2 Å². The van der Waals surface area contributed by atoms with Crippen molar-refractivity contribution in [3.05, 3.63) is 24.3 Å². The molecule has 5 heteroatoms. The molecule has 1 saturated heterocycles. The molecule has 0 saturated carbocycles. The Labute approximate surface area is 106 Å². The van der Waals surface area contributed by atoms with Gasteiger partial charge in [-0.1, -0.05) is 12.1 Å². The summed E-state index contributed by atoms with van der Waals surface area (Å²) < 4.78 is 10.8. The SMILES string of the molecule is CCOc1ccccc1N1CCC(CN)OC1=O. The van der Waals surface area contributed by atoms with Gasteiger partial charge in [-0.15, -0.1) is 0 Å². The van der Waals surface area contributed by atoms with Crippen molar-refractivity contribution in [2.45, 2.75) is 19.4 Å². The summed E-state index contributed by atoms with van der Waals surface area (Å²) in [6.45, 7) is 3.44. The van der Waals surface area contributed by atoms with Crippen LogP contribution < -0.4 is 15.4 Å². The highest BCUT2D eigenvalue weighted by Gasteiger charge is 2.28. The lowest BCUT2D eigenvalue weighted by Crippen LogP contribution is -2.44. The lowest BCUT2D eigenvalue weighted by atomic mass is 10.2. The minimum absolute atomic E-state index is 0.173. The summed E-state index contributed by atoms with van der Waals surface area (Å²) in [6.07, 6.45) is 0.208. The van der Waals surface area contributed by atoms with Gasteiger partial charge in [-0.2, -0.15) is 0 Å². The first-order valence-electron chi connectivity index (χ1n) is 6.16. The van der Waals surface area contributed by atoms with E-state index in [1.54, 1.807) is 4.90 Å². The number of hydrogen-bond donors (Lipinski definition) is 1. The third kappa shape index (κ3) is 2.56. The summed E-state index contributed by atoms with van der Waals surface area (Å²) in [7, 11) is 0. The number of cyclic esters (lactones) is 1. The zero-order valence-corrected chi connectivity index (χ0v) is 10.5. The normalized spacial score (nSPS) is 19.6. The summed E-state index contributed by atoms with van der Waals surface area (Å²) in [4.78, 5) is 13.5. The monoisotopic (exact) mass is 250 g/mol. The van der Waals surface area contributed by atoms with Crippen molar-refractivity contribution in [2.24, 2.45) is 5.73 Å². The van der Waals surface area contributed by atoms with Crippen LogP contribution in [0.3, 0.4) is 0 Å². The molecule has 0 radical (unpaired) electrons. The highest BCUT2D eigenvalue weighted by atomic mass is 16.6. The molecular weight excluding hydrogens is 232 g/mol. The molecule has 1 aromatic rings. The van der Waals surface area contributed by atoms with E-state index >= 15 is 0 Å². The zero-order chi connectivity index (χ0) is 13.0. The molecule has 1 amide bonds. The van der Waals surface area contributed by atoms with Crippen molar-refractivity contribution in [1.29, 1.82) is 0 Å². The Bertz CT molecular complexity index is 422. The summed E-state index contributed by atoms with van der Waals surface area (Å²) >= 11 is 0. The number of para-hydroxylation sites is 2. The fourth-order valence-electron chi connectivity index (χ4n) is 1.97. The Kier molecular flexibility index (Phi) is 4.04. The van der Waals surface area contributed by atoms with Crippen LogP contribution in [0.25, 0.3) is 0 Å². The van der Waals surface area contributed by atoms with E-state index < -0.39 is 0 Å². The lowest BCUT2D eigenvalue weighted by molar-refractivity contribution is 0.0885. The molecular formula is C13H18N2O3. The third-order valence-electron chi connectivity index (χ3n) is 2.88. The van der Waals surface area contributed by atoms with Crippen molar-refractivity contribution in [1.82, 2.24) is 0 Å². The smallest absolute Gasteiger partial charge is 0.414 e. The largest absolute Gasteiger partial charge is 0.492 e. The molecule has 1 fully saturated rings. The van der Waals surface area contributed by atoms with Crippen LogP contribution in [0.15, 0.2) is 24.3 Å². The Morgan fingerprint density at radius 3 is 2.94 bits per heavy atom. The summed E-state index contributed by atoms with van der Waals surface area (Å²) in [5.41, 5.74) is 6.26. The predicted molar refractivity (Wildman–Crippen MR) is 68.9 cm³/mol. The first-order valence-corrected chi connectivity index (χ1v) is 6.16. The van der Waals surface area contributed by atoms with E-state index in [-0.39, 0.29) is 12.2 Å². The average Bonchev–Trinajstić information content (AvgIpc) is 2.40. The average molecular weight is 250 g/mol. The molecule has 0 aliphatic carbocycles. The van der Waals surface area contributed by atoms with Gasteiger partial charge in [-0.25, -0.2) is 4.79 Å². The fourth-order valence-corrected chi connectivity index (χ4v) is 1.97. The van der Waals surface area contributed by atoms with E-state index in [0.29, 0.717) is 25.4 Å². The van der Waals surface area contributed by atoms with Crippen molar-refractivity contribution in [2.75, 3.05) is 24.6 Å². The molecule has 18 heavy (non-hydrogen) atoms. The zero-order valence-electron chi connectivity index (χ0n) is 10.5.